The van der Waals surface area contributed by atoms with E-state index < -0.39 is 0 Å². The second kappa shape index (κ2) is 20.9. The molecule has 0 bridgehead atoms. The standard InChI is InChI=1S/C46H66N2O11/c1-47(20-17-35-34(31-47)29-42(55-7)46(57-9)45(35)56-8)21-18-43(49)58-24-12-10-11-13-25-59-44(50)19-23-48(2)22-16-33-28-40(53-5)41(54-6)30-36(33)37(48)26-32-14-15-38(51-3)39(27-32)52-4/h14-15,27-30,37H,10-13,16-26,31H2,1-9H3/q+2/t37-,47?,48?/m1/s1. The summed E-state index contributed by atoms with van der Waals surface area (Å²) in [6.07, 6.45) is 6.41. The Morgan fingerprint density at radius 1 is 0.593 bits per heavy atom. The Morgan fingerprint density at radius 3 is 1.78 bits per heavy atom. The lowest BCUT2D eigenvalue weighted by Crippen LogP contribution is -2.53. The van der Waals surface area contributed by atoms with E-state index >= 15 is 0 Å². The normalized spacial score (nSPS) is 19.4. The molecular weight excluding hydrogens is 757 g/mol. The van der Waals surface area contributed by atoms with Crippen molar-refractivity contribution in [1.29, 1.82) is 0 Å². The molecule has 2 aliphatic rings. The Kier molecular flexibility index (Phi) is 16.0. The van der Waals surface area contributed by atoms with Crippen LogP contribution in [0.15, 0.2) is 36.4 Å². The first kappa shape index (κ1) is 45.2. The van der Waals surface area contributed by atoms with Crippen LogP contribution in [0.1, 0.15) is 72.4 Å². The number of ether oxygens (including phenoxy) is 9. The molecule has 0 amide bonds. The number of methoxy groups -OCH3 is 7. The van der Waals surface area contributed by atoms with Crippen molar-refractivity contribution >= 4 is 11.9 Å². The van der Waals surface area contributed by atoms with Gasteiger partial charge < -0.3 is 51.6 Å². The van der Waals surface area contributed by atoms with Gasteiger partial charge in [0.2, 0.25) is 5.75 Å². The number of hydrogen-bond acceptors (Lipinski definition) is 11. The summed E-state index contributed by atoms with van der Waals surface area (Å²) in [6, 6.07) is 12.3. The summed E-state index contributed by atoms with van der Waals surface area (Å²) in [5, 5.41) is 0. The molecule has 0 saturated carbocycles. The first-order valence-corrected chi connectivity index (χ1v) is 20.7. The van der Waals surface area contributed by atoms with Crippen molar-refractivity contribution in [2.24, 2.45) is 0 Å². The van der Waals surface area contributed by atoms with E-state index in [1.807, 2.05) is 18.2 Å². The van der Waals surface area contributed by atoms with Gasteiger partial charge in [-0.2, -0.15) is 0 Å². The van der Waals surface area contributed by atoms with E-state index in [-0.39, 0.29) is 18.0 Å². The molecule has 324 valence electrons. The van der Waals surface area contributed by atoms with Gasteiger partial charge in [0.15, 0.2) is 34.5 Å². The third kappa shape index (κ3) is 11.0. The zero-order chi connectivity index (χ0) is 42.6. The lowest BCUT2D eigenvalue weighted by Gasteiger charge is -2.46. The minimum atomic E-state index is -0.187. The fourth-order valence-corrected chi connectivity index (χ4v) is 8.69. The fraction of sp³-hybridized carbons (Fsp3) is 0.565. The summed E-state index contributed by atoms with van der Waals surface area (Å²) in [5.41, 5.74) is 5.82. The van der Waals surface area contributed by atoms with Gasteiger partial charge in [-0.3, -0.25) is 9.59 Å². The monoisotopic (exact) mass is 822 g/mol. The molecule has 3 aromatic carbocycles. The van der Waals surface area contributed by atoms with Gasteiger partial charge in [0.05, 0.1) is 116 Å². The van der Waals surface area contributed by atoms with E-state index in [9.17, 15) is 9.59 Å². The molecule has 0 spiro atoms. The summed E-state index contributed by atoms with van der Waals surface area (Å²) < 4.78 is 52.0. The van der Waals surface area contributed by atoms with E-state index in [1.54, 1.807) is 49.8 Å². The average Bonchev–Trinajstić information content (AvgIpc) is 3.25. The van der Waals surface area contributed by atoms with E-state index in [0.29, 0.717) is 78.1 Å². The predicted octanol–water partition coefficient (Wildman–Crippen LogP) is 6.66. The number of benzene rings is 3. The van der Waals surface area contributed by atoms with E-state index in [0.717, 1.165) is 91.5 Å². The first-order valence-electron chi connectivity index (χ1n) is 20.7. The molecule has 2 aliphatic heterocycles. The second-order valence-corrected chi connectivity index (χ2v) is 16.1. The molecule has 59 heavy (non-hydrogen) atoms. The van der Waals surface area contributed by atoms with E-state index in [1.165, 1.54) is 11.1 Å². The van der Waals surface area contributed by atoms with Crippen LogP contribution in [-0.4, -0.2) is 124 Å². The number of unbranched alkanes of at least 4 members (excludes halogenated alkanes) is 3. The predicted molar refractivity (Wildman–Crippen MR) is 224 cm³/mol. The van der Waals surface area contributed by atoms with Crippen LogP contribution < -0.4 is 33.2 Å². The van der Waals surface area contributed by atoms with Gasteiger partial charge in [0, 0.05) is 36.0 Å². The molecule has 0 saturated heterocycles. The van der Waals surface area contributed by atoms with Crippen LogP contribution in [0.25, 0.3) is 0 Å². The third-order valence-electron chi connectivity index (χ3n) is 12.3. The quantitative estimate of drug-likeness (QED) is 0.0616. The maximum absolute atomic E-state index is 13.1. The zero-order valence-electron chi connectivity index (χ0n) is 36.7. The van der Waals surface area contributed by atoms with Crippen LogP contribution in [-0.2, 0) is 44.9 Å². The fourth-order valence-electron chi connectivity index (χ4n) is 8.69. The van der Waals surface area contributed by atoms with Crippen LogP contribution in [0.3, 0.4) is 0 Å². The Hall–Kier alpha value is -4.88. The molecule has 0 aliphatic carbocycles. The maximum Gasteiger partial charge on any atom is 0.311 e. The Morgan fingerprint density at radius 2 is 1.17 bits per heavy atom. The van der Waals surface area contributed by atoms with Gasteiger partial charge in [-0.15, -0.1) is 0 Å². The molecular formula is C46H66N2O11+2. The molecule has 0 N–H and O–H groups in total. The van der Waals surface area contributed by atoms with Crippen LogP contribution in [0.4, 0.5) is 0 Å². The summed E-state index contributed by atoms with van der Waals surface area (Å²) in [7, 11) is 15.9. The summed E-state index contributed by atoms with van der Waals surface area (Å²) >= 11 is 0. The molecule has 0 aromatic heterocycles. The minimum absolute atomic E-state index is 0.0600. The van der Waals surface area contributed by atoms with Crippen molar-refractivity contribution < 1.29 is 61.2 Å². The Labute approximate surface area is 350 Å². The summed E-state index contributed by atoms with van der Waals surface area (Å²) in [6.45, 7) is 4.62. The number of fused-ring (bicyclic) bond motifs is 2. The SMILES string of the molecule is COc1ccc(C[C@@H]2c3cc(OC)c(OC)cc3CC[N+]2(C)CCC(=O)OCCCCCCOC(=O)CC[N+]2(C)CCc3c(cc(OC)c(OC)c3OC)C2)cc1OC. The lowest BCUT2D eigenvalue weighted by atomic mass is 9.86. The highest BCUT2D eigenvalue weighted by Gasteiger charge is 2.40. The van der Waals surface area contributed by atoms with Crippen molar-refractivity contribution in [2.75, 3.05) is 103 Å². The van der Waals surface area contributed by atoms with Crippen LogP contribution >= 0.6 is 0 Å². The number of quaternary nitrogens is 2. The van der Waals surface area contributed by atoms with Gasteiger partial charge in [-0.05, 0) is 67.1 Å². The molecule has 0 fully saturated rings. The van der Waals surface area contributed by atoms with Gasteiger partial charge in [0.1, 0.15) is 12.6 Å². The topological polar surface area (TPSA) is 117 Å². The molecule has 13 heteroatoms. The number of hydrogen-bond donors (Lipinski definition) is 0. The highest BCUT2D eigenvalue weighted by Crippen LogP contribution is 2.45. The van der Waals surface area contributed by atoms with Crippen molar-refractivity contribution in [1.82, 2.24) is 0 Å². The number of likely N-dealkylation sites (N-methyl/N-ethyl adjacent to an activating group) is 2. The number of nitrogens with zero attached hydrogens (tertiary/aromatic N) is 2. The van der Waals surface area contributed by atoms with Gasteiger partial charge in [-0.1, -0.05) is 6.07 Å². The van der Waals surface area contributed by atoms with E-state index in [2.05, 4.69) is 32.3 Å². The number of carbonyl (C=O) groups excluding carboxylic acids is 2. The third-order valence-corrected chi connectivity index (χ3v) is 12.3. The number of carbonyl (C=O) groups is 2. The molecule has 0 radical (unpaired) electrons. The van der Waals surface area contributed by atoms with Crippen molar-refractivity contribution in [3.05, 3.63) is 64.2 Å². The smallest absolute Gasteiger partial charge is 0.311 e. The molecule has 2 heterocycles. The average molecular weight is 823 g/mol. The van der Waals surface area contributed by atoms with Crippen LogP contribution in [0.2, 0.25) is 0 Å². The maximum atomic E-state index is 13.1. The molecule has 5 rings (SSSR count). The highest BCUT2D eigenvalue weighted by atomic mass is 16.5. The molecule has 2 unspecified atom stereocenters. The van der Waals surface area contributed by atoms with Gasteiger partial charge in [-0.25, -0.2) is 0 Å². The zero-order valence-corrected chi connectivity index (χ0v) is 36.7. The van der Waals surface area contributed by atoms with Crippen LogP contribution in [0.5, 0.6) is 40.2 Å². The van der Waals surface area contributed by atoms with Crippen molar-refractivity contribution in [3.8, 4) is 40.2 Å². The summed E-state index contributed by atoms with van der Waals surface area (Å²) in [5.74, 6) is 4.40. The lowest BCUT2D eigenvalue weighted by molar-refractivity contribution is -0.940. The number of esters is 2. The van der Waals surface area contributed by atoms with Gasteiger partial charge in [0.25, 0.3) is 0 Å². The van der Waals surface area contributed by atoms with Crippen molar-refractivity contribution in [2.45, 2.75) is 70.4 Å². The first-order chi connectivity index (χ1) is 28.4. The highest BCUT2D eigenvalue weighted by molar-refractivity contribution is 5.69. The van der Waals surface area contributed by atoms with Crippen LogP contribution in [0, 0.1) is 0 Å². The summed E-state index contributed by atoms with van der Waals surface area (Å²) in [4.78, 5) is 25.7. The van der Waals surface area contributed by atoms with E-state index in [4.69, 9.17) is 42.6 Å². The molecule has 3 atom stereocenters. The second-order valence-electron chi connectivity index (χ2n) is 16.1. The van der Waals surface area contributed by atoms with Gasteiger partial charge >= 0.3 is 11.9 Å². The molecule has 3 aromatic rings. The minimum Gasteiger partial charge on any atom is -0.493 e. The van der Waals surface area contributed by atoms with Crippen molar-refractivity contribution in [3.63, 3.8) is 0 Å². The largest absolute Gasteiger partial charge is 0.493 e. The Balaban J connectivity index is 1.04. The Bertz CT molecular complexity index is 1900. The number of rotatable bonds is 22. The molecule has 13 nitrogen and oxygen atoms in total.